The van der Waals surface area contributed by atoms with Crippen LogP contribution in [0.1, 0.15) is 44.0 Å². The SMILES string of the molecule is CC(CCC(C)C)=NNC(=O)c1ccncc1. The third kappa shape index (κ3) is 5.24. The van der Waals surface area contributed by atoms with Crippen LogP contribution in [0.15, 0.2) is 29.6 Å². The summed E-state index contributed by atoms with van der Waals surface area (Å²) in [6.07, 6.45) is 5.17. The number of hydrazone groups is 1. The molecule has 0 atom stereocenters. The lowest BCUT2D eigenvalue weighted by molar-refractivity contribution is 0.0954. The number of amides is 1. The van der Waals surface area contributed by atoms with Crippen molar-refractivity contribution in [3.63, 3.8) is 0 Å². The van der Waals surface area contributed by atoms with E-state index in [2.05, 4.69) is 29.4 Å². The Balaban J connectivity index is 2.44. The quantitative estimate of drug-likeness (QED) is 0.628. The number of hydrogen-bond donors (Lipinski definition) is 1. The third-order valence-electron chi connectivity index (χ3n) is 2.37. The number of carbonyl (C=O) groups excluding carboxylic acids is 1. The van der Waals surface area contributed by atoms with Crippen molar-refractivity contribution in [2.45, 2.75) is 33.6 Å². The van der Waals surface area contributed by atoms with Crippen LogP contribution in [0.5, 0.6) is 0 Å². The zero-order chi connectivity index (χ0) is 12.7. The Hall–Kier alpha value is -1.71. The first-order valence-corrected chi connectivity index (χ1v) is 5.83. The smallest absolute Gasteiger partial charge is 0.267 e. The molecule has 1 N–H and O–H groups in total. The maximum absolute atomic E-state index is 11.6. The Morgan fingerprint density at radius 1 is 1.41 bits per heavy atom. The lowest BCUT2D eigenvalue weighted by Gasteiger charge is -2.04. The van der Waals surface area contributed by atoms with E-state index in [1.165, 1.54) is 0 Å². The van der Waals surface area contributed by atoms with E-state index < -0.39 is 0 Å². The van der Waals surface area contributed by atoms with Gasteiger partial charge in [0.15, 0.2) is 0 Å². The highest BCUT2D eigenvalue weighted by atomic mass is 16.2. The lowest BCUT2D eigenvalue weighted by atomic mass is 10.1. The molecule has 0 aliphatic heterocycles. The molecule has 1 aromatic heterocycles. The summed E-state index contributed by atoms with van der Waals surface area (Å²) >= 11 is 0. The molecule has 4 heteroatoms. The molecule has 0 bridgehead atoms. The van der Waals surface area contributed by atoms with Crippen molar-refractivity contribution in [3.8, 4) is 0 Å². The van der Waals surface area contributed by atoms with Crippen LogP contribution < -0.4 is 5.43 Å². The van der Waals surface area contributed by atoms with Crippen LogP contribution in [-0.2, 0) is 0 Å². The van der Waals surface area contributed by atoms with Gasteiger partial charge in [0.1, 0.15) is 0 Å². The molecule has 1 amide bonds. The minimum Gasteiger partial charge on any atom is -0.267 e. The molecule has 0 fully saturated rings. The number of carbonyl (C=O) groups is 1. The van der Waals surface area contributed by atoms with Crippen LogP contribution in [0.2, 0.25) is 0 Å². The third-order valence-corrected chi connectivity index (χ3v) is 2.37. The molecule has 92 valence electrons. The summed E-state index contributed by atoms with van der Waals surface area (Å²) in [5.74, 6) is 0.451. The van der Waals surface area contributed by atoms with E-state index in [4.69, 9.17) is 0 Å². The maximum Gasteiger partial charge on any atom is 0.271 e. The number of aromatic nitrogens is 1. The first-order valence-electron chi connectivity index (χ1n) is 5.83. The number of nitrogens with one attached hydrogen (secondary N) is 1. The second-order valence-electron chi connectivity index (χ2n) is 4.46. The molecule has 1 heterocycles. The van der Waals surface area contributed by atoms with E-state index in [0.717, 1.165) is 18.6 Å². The number of pyridine rings is 1. The van der Waals surface area contributed by atoms with Gasteiger partial charge in [-0.15, -0.1) is 0 Å². The first kappa shape index (κ1) is 13.4. The summed E-state index contributed by atoms with van der Waals surface area (Å²) < 4.78 is 0. The Labute approximate surface area is 102 Å². The van der Waals surface area contributed by atoms with Crippen LogP contribution in [0.4, 0.5) is 0 Å². The molecule has 0 aliphatic carbocycles. The highest BCUT2D eigenvalue weighted by Crippen LogP contribution is 2.04. The molecule has 1 aromatic rings. The zero-order valence-corrected chi connectivity index (χ0v) is 10.6. The maximum atomic E-state index is 11.6. The fourth-order valence-corrected chi connectivity index (χ4v) is 1.27. The van der Waals surface area contributed by atoms with Crippen LogP contribution in [0.3, 0.4) is 0 Å². The molecule has 0 aromatic carbocycles. The molecule has 0 saturated carbocycles. The van der Waals surface area contributed by atoms with E-state index in [1.54, 1.807) is 24.5 Å². The van der Waals surface area contributed by atoms with Crippen molar-refractivity contribution >= 4 is 11.6 Å². The fraction of sp³-hybridized carbons (Fsp3) is 0.462. The summed E-state index contributed by atoms with van der Waals surface area (Å²) in [6.45, 7) is 6.26. The minimum atomic E-state index is -0.198. The van der Waals surface area contributed by atoms with Crippen molar-refractivity contribution in [2.24, 2.45) is 11.0 Å². The van der Waals surface area contributed by atoms with Gasteiger partial charge in [0, 0.05) is 23.7 Å². The molecular formula is C13H19N3O. The van der Waals surface area contributed by atoms with Gasteiger partial charge in [-0.1, -0.05) is 13.8 Å². The molecule has 17 heavy (non-hydrogen) atoms. The lowest BCUT2D eigenvalue weighted by Crippen LogP contribution is -2.19. The van der Waals surface area contributed by atoms with Gasteiger partial charge in [-0.25, -0.2) is 5.43 Å². The predicted octanol–water partition coefficient (Wildman–Crippen LogP) is 2.62. The van der Waals surface area contributed by atoms with Crippen LogP contribution in [0, 0.1) is 5.92 Å². The van der Waals surface area contributed by atoms with Gasteiger partial charge in [0.25, 0.3) is 5.91 Å². The van der Waals surface area contributed by atoms with Gasteiger partial charge in [-0.2, -0.15) is 5.10 Å². The summed E-state index contributed by atoms with van der Waals surface area (Å²) in [6, 6.07) is 3.32. The van der Waals surface area contributed by atoms with Crippen LogP contribution >= 0.6 is 0 Å². The second kappa shape index (κ2) is 6.78. The zero-order valence-electron chi connectivity index (χ0n) is 10.6. The number of rotatable bonds is 5. The monoisotopic (exact) mass is 233 g/mol. The van der Waals surface area contributed by atoms with E-state index in [0.29, 0.717) is 11.5 Å². The summed E-state index contributed by atoms with van der Waals surface area (Å²) in [7, 11) is 0. The van der Waals surface area contributed by atoms with E-state index >= 15 is 0 Å². The molecule has 4 nitrogen and oxygen atoms in total. The van der Waals surface area contributed by atoms with E-state index in [-0.39, 0.29) is 5.91 Å². The molecule has 0 aliphatic rings. The summed E-state index contributed by atoms with van der Waals surface area (Å²) in [5.41, 5.74) is 4.06. The van der Waals surface area contributed by atoms with Crippen molar-refractivity contribution in [2.75, 3.05) is 0 Å². The largest absolute Gasteiger partial charge is 0.271 e. The van der Waals surface area contributed by atoms with Gasteiger partial charge < -0.3 is 0 Å². The average Bonchev–Trinajstić information content (AvgIpc) is 2.34. The summed E-state index contributed by atoms with van der Waals surface area (Å²) in [5, 5.41) is 4.07. The predicted molar refractivity (Wildman–Crippen MR) is 68.9 cm³/mol. The Kier molecular flexibility index (Phi) is 5.33. The van der Waals surface area contributed by atoms with E-state index in [1.807, 2.05) is 6.92 Å². The summed E-state index contributed by atoms with van der Waals surface area (Å²) in [4.78, 5) is 15.5. The number of nitrogens with zero attached hydrogens (tertiary/aromatic N) is 2. The Bertz CT molecular complexity index is 385. The topological polar surface area (TPSA) is 54.4 Å². The van der Waals surface area contributed by atoms with Crippen molar-refractivity contribution < 1.29 is 4.79 Å². The van der Waals surface area contributed by atoms with Gasteiger partial charge in [-0.3, -0.25) is 9.78 Å². The second-order valence-corrected chi connectivity index (χ2v) is 4.46. The molecule has 1 rings (SSSR count). The molecule has 0 unspecified atom stereocenters. The van der Waals surface area contributed by atoms with Crippen molar-refractivity contribution in [1.82, 2.24) is 10.4 Å². The molecule has 0 saturated heterocycles. The average molecular weight is 233 g/mol. The number of hydrogen-bond acceptors (Lipinski definition) is 3. The van der Waals surface area contributed by atoms with Crippen LogP contribution in [0.25, 0.3) is 0 Å². The molecule has 0 radical (unpaired) electrons. The molecular weight excluding hydrogens is 214 g/mol. The van der Waals surface area contributed by atoms with Gasteiger partial charge in [0.2, 0.25) is 0 Å². The van der Waals surface area contributed by atoms with Crippen molar-refractivity contribution in [3.05, 3.63) is 30.1 Å². The highest BCUT2D eigenvalue weighted by molar-refractivity contribution is 5.95. The Morgan fingerprint density at radius 3 is 2.65 bits per heavy atom. The van der Waals surface area contributed by atoms with Gasteiger partial charge in [0.05, 0.1) is 0 Å². The minimum absolute atomic E-state index is 0.198. The van der Waals surface area contributed by atoms with Gasteiger partial charge in [-0.05, 0) is 37.8 Å². The highest BCUT2D eigenvalue weighted by Gasteiger charge is 2.03. The molecule has 0 spiro atoms. The van der Waals surface area contributed by atoms with E-state index in [9.17, 15) is 4.79 Å². The van der Waals surface area contributed by atoms with Crippen LogP contribution in [-0.4, -0.2) is 16.6 Å². The first-order chi connectivity index (χ1) is 8.09. The Morgan fingerprint density at radius 2 is 2.06 bits per heavy atom. The standard InChI is InChI=1S/C13H19N3O/c1-10(2)4-5-11(3)15-16-13(17)12-6-8-14-9-7-12/h6-10H,4-5H2,1-3H3,(H,16,17). The van der Waals surface area contributed by atoms with Crippen molar-refractivity contribution in [1.29, 1.82) is 0 Å². The van der Waals surface area contributed by atoms with Gasteiger partial charge >= 0.3 is 0 Å². The fourth-order valence-electron chi connectivity index (χ4n) is 1.27. The normalized spacial score (nSPS) is 11.6.